The second-order valence-corrected chi connectivity index (χ2v) is 9.74. The molecule has 11 heteroatoms. The second kappa shape index (κ2) is 9.24. The fourth-order valence-electron chi connectivity index (χ4n) is 3.09. The van der Waals surface area contributed by atoms with Crippen molar-refractivity contribution in [3.63, 3.8) is 0 Å². The lowest BCUT2D eigenvalue weighted by Crippen LogP contribution is -2.17. The Bertz CT molecular complexity index is 1320. The molecule has 174 valence electrons. The lowest BCUT2D eigenvalue weighted by atomic mass is 10.1. The topological polar surface area (TPSA) is 75.3 Å². The van der Waals surface area contributed by atoms with Crippen molar-refractivity contribution in [2.75, 3.05) is 10.0 Å². The molecule has 0 saturated carbocycles. The number of amides is 1. The first-order valence-corrected chi connectivity index (χ1v) is 11.6. The molecule has 0 aliphatic rings. The van der Waals surface area contributed by atoms with Gasteiger partial charge < -0.3 is 5.32 Å². The summed E-state index contributed by atoms with van der Waals surface area (Å²) in [6, 6.07) is 11.1. The van der Waals surface area contributed by atoms with Crippen LogP contribution in [0, 0.1) is 13.8 Å². The number of hydrogen-bond donors (Lipinski definition) is 2. The van der Waals surface area contributed by atoms with Crippen LogP contribution in [-0.4, -0.2) is 14.3 Å². The fourth-order valence-corrected chi connectivity index (χ4v) is 4.82. The van der Waals surface area contributed by atoms with Crippen LogP contribution in [0.4, 0.5) is 24.5 Å². The van der Waals surface area contributed by atoms with Crippen molar-refractivity contribution in [3.05, 3.63) is 86.9 Å². The third-order valence-corrected chi connectivity index (χ3v) is 6.69. The summed E-state index contributed by atoms with van der Waals surface area (Å²) < 4.78 is 67.2. The summed E-state index contributed by atoms with van der Waals surface area (Å²) in [5.74, 6) is -0.865. The van der Waals surface area contributed by atoms with Crippen molar-refractivity contribution < 1.29 is 26.4 Å². The molecule has 33 heavy (non-hydrogen) atoms. The van der Waals surface area contributed by atoms with Crippen LogP contribution in [0.25, 0.3) is 0 Å². The van der Waals surface area contributed by atoms with Crippen LogP contribution in [0.15, 0.2) is 59.5 Å². The number of carbonyl (C=O) groups excluding carboxylic acids is 1. The summed E-state index contributed by atoms with van der Waals surface area (Å²) in [5.41, 5.74) is 0.570. The lowest BCUT2D eigenvalue weighted by molar-refractivity contribution is -0.137. The van der Waals surface area contributed by atoms with Gasteiger partial charge in [0.1, 0.15) is 4.90 Å². The van der Waals surface area contributed by atoms with E-state index >= 15 is 0 Å². The highest BCUT2D eigenvalue weighted by Gasteiger charge is 2.31. The number of carbonyl (C=O) groups is 1. The number of alkyl halides is 3. The van der Waals surface area contributed by atoms with Crippen LogP contribution >= 0.6 is 23.2 Å². The van der Waals surface area contributed by atoms with Gasteiger partial charge >= 0.3 is 6.18 Å². The zero-order valence-corrected chi connectivity index (χ0v) is 19.5. The molecule has 0 unspecified atom stereocenters. The molecule has 0 heterocycles. The van der Waals surface area contributed by atoms with Crippen LogP contribution in [0.3, 0.4) is 0 Å². The van der Waals surface area contributed by atoms with E-state index < -0.39 is 27.7 Å². The molecule has 1 amide bonds. The third-order valence-electron chi connectivity index (χ3n) is 4.50. The van der Waals surface area contributed by atoms with Gasteiger partial charge in [0.2, 0.25) is 0 Å². The van der Waals surface area contributed by atoms with Gasteiger partial charge in [-0.3, -0.25) is 9.52 Å². The summed E-state index contributed by atoms with van der Waals surface area (Å²) in [6.07, 6.45) is -4.63. The predicted molar refractivity (Wildman–Crippen MR) is 123 cm³/mol. The second-order valence-electron chi connectivity index (χ2n) is 7.27. The van der Waals surface area contributed by atoms with Crippen molar-refractivity contribution in [2.24, 2.45) is 0 Å². The molecule has 0 fully saturated rings. The number of halogens is 5. The van der Waals surface area contributed by atoms with Crippen LogP contribution in [0.5, 0.6) is 0 Å². The average Bonchev–Trinajstić information content (AvgIpc) is 2.67. The minimum atomic E-state index is -4.63. The molecule has 3 aromatic carbocycles. The highest BCUT2D eigenvalue weighted by Crippen LogP contribution is 2.34. The van der Waals surface area contributed by atoms with E-state index in [-0.39, 0.29) is 26.2 Å². The number of aryl methyl sites for hydroxylation is 2. The van der Waals surface area contributed by atoms with Crippen molar-refractivity contribution in [1.29, 1.82) is 0 Å². The molecule has 3 aromatic rings. The van der Waals surface area contributed by atoms with E-state index in [4.69, 9.17) is 23.2 Å². The van der Waals surface area contributed by atoms with Crippen LogP contribution in [0.2, 0.25) is 10.0 Å². The van der Waals surface area contributed by atoms with Gasteiger partial charge in [0.15, 0.2) is 0 Å². The first-order chi connectivity index (χ1) is 15.3. The number of anilines is 2. The Morgan fingerprint density at radius 1 is 0.879 bits per heavy atom. The summed E-state index contributed by atoms with van der Waals surface area (Å²) in [4.78, 5) is 12.3. The number of nitrogens with one attached hydrogen (secondary N) is 2. The van der Waals surface area contributed by atoms with Crippen LogP contribution < -0.4 is 10.0 Å². The minimum absolute atomic E-state index is 0.116. The molecule has 0 bridgehead atoms. The Labute approximate surface area is 198 Å². The fraction of sp³-hybridized carbons (Fsp3) is 0.136. The monoisotopic (exact) mass is 516 g/mol. The highest BCUT2D eigenvalue weighted by atomic mass is 35.5. The largest absolute Gasteiger partial charge is 0.416 e. The molecule has 0 aromatic heterocycles. The molecule has 0 atom stereocenters. The Morgan fingerprint density at radius 3 is 2.09 bits per heavy atom. The first-order valence-electron chi connectivity index (χ1n) is 9.35. The molecule has 0 spiro atoms. The Balaban J connectivity index is 1.92. The van der Waals surface area contributed by atoms with E-state index in [9.17, 15) is 26.4 Å². The number of rotatable bonds is 5. The van der Waals surface area contributed by atoms with Crippen LogP contribution in [0.1, 0.15) is 27.0 Å². The van der Waals surface area contributed by atoms with Gasteiger partial charge in [-0.1, -0.05) is 29.3 Å². The molecule has 0 aliphatic heterocycles. The third kappa shape index (κ3) is 5.98. The van der Waals surface area contributed by atoms with E-state index in [0.717, 1.165) is 29.3 Å². The Kier molecular flexibility index (Phi) is 6.97. The molecular weight excluding hydrogens is 500 g/mol. The molecule has 0 aliphatic carbocycles. The maximum absolute atomic E-state index is 13.0. The van der Waals surface area contributed by atoms with Gasteiger partial charge in [-0.05, 0) is 73.5 Å². The maximum Gasteiger partial charge on any atom is 0.416 e. The summed E-state index contributed by atoms with van der Waals surface area (Å²) in [7, 11) is -4.18. The molecule has 5 nitrogen and oxygen atoms in total. The minimum Gasteiger partial charge on any atom is -0.321 e. The standard InChI is InChI=1S/C22H17Cl2F3N2O3S/c1-12-7-13(2)9-16(8-12)29-33(31,32)20-10-14(3-5-18(20)24)21(30)28-19-11-15(22(25,26)27)4-6-17(19)23/h3-11,29H,1-2H3,(H,28,30). The quantitative estimate of drug-likeness (QED) is 0.397. The lowest BCUT2D eigenvalue weighted by Gasteiger charge is -2.14. The summed E-state index contributed by atoms with van der Waals surface area (Å²) in [5, 5.41) is 2.02. The Morgan fingerprint density at radius 2 is 1.48 bits per heavy atom. The van der Waals surface area contributed by atoms with E-state index in [1.165, 1.54) is 12.1 Å². The maximum atomic E-state index is 13.0. The van der Waals surface area contributed by atoms with Crippen LogP contribution in [-0.2, 0) is 16.2 Å². The zero-order chi connectivity index (χ0) is 24.6. The van der Waals surface area contributed by atoms with Gasteiger partial charge in [0.25, 0.3) is 15.9 Å². The number of benzene rings is 3. The predicted octanol–water partition coefficient (Wildman–Crippen LogP) is 6.68. The zero-order valence-electron chi connectivity index (χ0n) is 17.2. The van der Waals surface area contributed by atoms with Gasteiger partial charge in [-0.15, -0.1) is 0 Å². The van der Waals surface area contributed by atoms with E-state index in [1.54, 1.807) is 12.1 Å². The molecule has 3 rings (SSSR count). The van der Waals surface area contributed by atoms with Crippen molar-refractivity contribution in [1.82, 2.24) is 0 Å². The molecule has 2 N–H and O–H groups in total. The highest BCUT2D eigenvalue weighted by molar-refractivity contribution is 7.92. The molecule has 0 saturated heterocycles. The van der Waals surface area contributed by atoms with E-state index in [0.29, 0.717) is 11.8 Å². The first kappa shape index (κ1) is 24.9. The Hall–Kier alpha value is -2.75. The van der Waals surface area contributed by atoms with Crippen molar-refractivity contribution in [3.8, 4) is 0 Å². The van der Waals surface area contributed by atoms with E-state index in [1.807, 2.05) is 19.9 Å². The van der Waals surface area contributed by atoms with Gasteiger partial charge in [0.05, 0.1) is 21.3 Å². The number of hydrogen-bond acceptors (Lipinski definition) is 3. The van der Waals surface area contributed by atoms with Gasteiger partial charge in [0, 0.05) is 11.3 Å². The molecular formula is C22H17Cl2F3N2O3S. The van der Waals surface area contributed by atoms with Gasteiger partial charge in [-0.2, -0.15) is 13.2 Å². The van der Waals surface area contributed by atoms with E-state index in [2.05, 4.69) is 10.0 Å². The normalized spacial score (nSPS) is 11.8. The molecule has 0 radical (unpaired) electrons. The van der Waals surface area contributed by atoms with Crippen molar-refractivity contribution in [2.45, 2.75) is 24.9 Å². The average molecular weight is 517 g/mol. The SMILES string of the molecule is Cc1cc(C)cc(NS(=O)(=O)c2cc(C(=O)Nc3cc(C(F)(F)F)ccc3Cl)ccc2Cl)c1. The summed E-state index contributed by atoms with van der Waals surface area (Å²) in [6.45, 7) is 3.61. The number of sulfonamides is 1. The smallest absolute Gasteiger partial charge is 0.321 e. The van der Waals surface area contributed by atoms with Crippen molar-refractivity contribution >= 4 is 50.5 Å². The summed E-state index contributed by atoms with van der Waals surface area (Å²) >= 11 is 12.0. The van der Waals surface area contributed by atoms with Gasteiger partial charge in [-0.25, -0.2) is 8.42 Å².